The Morgan fingerprint density at radius 2 is 1.73 bits per heavy atom. The molecule has 0 saturated heterocycles. The first-order chi connectivity index (χ1) is 6.95. The molecular formula is C11H10F4. The Kier molecular flexibility index (Phi) is 3.50. The van der Waals surface area contributed by atoms with Gasteiger partial charge >= 0.3 is 6.18 Å². The van der Waals surface area contributed by atoms with Crippen LogP contribution in [0.1, 0.15) is 23.7 Å². The number of rotatable bonds is 3. The van der Waals surface area contributed by atoms with E-state index < -0.39 is 17.9 Å². The van der Waals surface area contributed by atoms with Crippen LogP contribution in [0.4, 0.5) is 17.6 Å². The summed E-state index contributed by atoms with van der Waals surface area (Å²) in [6.07, 6.45) is -4.17. The highest BCUT2D eigenvalue weighted by molar-refractivity contribution is 5.26. The second-order valence-corrected chi connectivity index (χ2v) is 3.11. The van der Waals surface area contributed by atoms with Crippen molar-refractivity contribution < 1.29 is 17.6 Å². The minimum atomic E-state index is -4.37. The summed E-state index contributed by atoms with van der Waals surface area (Å²) in [5.41, 5.74) is -0.528. The van der Waals surface area contributed by atoms with Crippen molar-refractivity contribution >= 4 is 0 Å². The summed E-state index contributed by atoms with van der Waals surface area (Å²) in [6, 6.07) is 4.06. The van der Waals surface area contributed by atoms with E-state index in [1.165, 1.54) is 6.08 Å². The molecule has 0 bridgehead atoms. The molecule has 0 aliphatic heterocycles. The SMILES string of the molecule is C=CCC(F)c1ccc(C(F)(F)F)cc1. The maximum Gasteiger partial charge on any atom is 0.416 e. The maximum absolute atomic E-state index is 13.2. The van der Waals surface area contributed by atoms with Crippen molar-refractivity contribution in [1.82, 2.24) is 0 Å². The lowest BCUT2D eigenvalue weighted by Gasteiger charge is -2.09. The van der Waals surface area contributed by atoms with Crippen molar-refractivity contribution in [3.8, 4) is 0 Å². The summed E-state index contributed by atoms with van der Waals surface area (Å²) in [5.74, 6) is 0. The normalized spacial score (nSPS) is 13.6. The molecule has 0 fully saturated rings. The van der Waals surface area contributed by atoms with Gasteiger partial charge < -0.3 is 0 Å². The topological polar surface area (TPSA) is 0 Å². The molecule has 0 saturated carbocycles. The molecule has 1 aromatic rings. The van der Waals surface area contributed by atoms with E-state index in [9.17, 15) is 17.6 Å². The van der Waals surface area contributed by atoms with Gasteiger partial charge in [0.05, 0.1) is 5.56 Å². The molecule has 4 heteroatoms. The van der Waals surface area contributed by atoms with Gasteiger partial charge in [-0.3, -0.25) is 0 Å². The van der Waals surface area contributed by atoms with Crippen LogP contribution in [0.2, 0.25) is 0 Å². The molecule has 0 spiro atoms. The zero-order chi connectivity index (χ0) is 11.5. The van der Waals surface area contributed by atoms with Crippen LogP contribution >= 0.6 is 0 Å². The van der Waals surface area contributed by atoms with E-state index in [-0.39, 0.29) is 12.0 Å². The quantitative estimate of drug-likeness (QED) is 0.524. The second kappa shape index (κ2) is 4.47. The Bertz CT molecular complexity index is 323. The first-order valence-corrected chi connectivity index (χ1v) is 4.37. The van der Waals surface area contributed by atoms with E-state index in [0.29, 0.717) is 0 Å². The molecule has 0 aliphatic rings. The third kappa shape index (κ3) is 3.08. The Morgan fingerprint density at radius 1 is 1.20 bits per heavy atom. The van der Waals surface area contributed by atoms with Crippen LogP contribution in [0.25, 0.3) is 0 Å². The van der Waals surface area contributed by atoms with Gasteiger partial charge in [-0.05, 0) is 17.7 Å². The fraction of sp³-hybridized carbons (Fsp3) is 0.273. The number of benzene rings is 1. The average molecular weight is 218 g/mol. The van der Waals surface area contributed by atoms with Gasteiger partial charge in [0, 0.05) is 6.42 Å². The summed E-state index contributed by atoms with van der Waals surface area (Å²) in [4.78, 5) is 0. The molecule has 82 valence electrons. The Morgan fingerprint density at radius 3 is 2.13 bits per heavy atom. The fourth-order valence-corrected chi connectivity index (χ4v) is 1.16. The maximum atomic E-state index is 13.2. The summed E-state index contributed by atoms with van der Waals surface area (Å²) >= 11 is 0. The van der Waals surface area contributed by atoms with Crippen LogP contribution in [0.3, 0.4) is 0 Å². The van der Waals surface area contributed by atoms with Crippen LogP contribution < -0.4 is 0 Å². The second-order valence-electron chi connectivity index (χ2n) is 3.11. The number of hydrogen-bond donors (Lipinski definition) is 0. The number of allylic oxidation sites excluding steroid dienone is 1. The van der Waals surface area contributed by atoms with Crippen LogP contribution in [0.5, 0.6) is 0 Å². The molecule has 1 aromatic carbocycles. The summed E-state index contributed by atoms with van der Waals surface area (Å²) in [5, 5.41) is 0. The molecule has 15 heavy (non-hydrogen) atoms. The van der Waals surface area contributed by atoms with Gasteiger partial charge in [-0.1, -0.05) is 18.2 Å². The molecule has 0 amide bonds. The number of hydrogen-bond acceptors (Lipinski definition) is 0. The third-order valence-corrected chi connectivity index (χ3v) is 1.97. The van der Waals surface area contributed by atoms with E-state index in [0.717, 1.165) is 24.3 Å². The predicted octanol–water partition coefficient (Wildman–Crippen LogP) is 4.29. The highest BCUT2D eigenvalue weighted by atomic mass is 19.4. The lowest BCUT2D eigenvalue weighted by molar-refractivity contribution is -0.137. The smallest absolute Gasteiger partial charge is 0.242 e. The van der Waals surface area contributed by atoms with Crippen LogP contribution in [-0.4, -0.2) is 0 Å². The highest BCUT2D eigenvalue weighted by Gasteiger charge is 2.30. The third-order valence-electron chi connectivity index (χ3n) is 1.97. The van der Waals surface area contributed by atoms with E-state index in [1.54, 1.807) is 0 Å². The summed E-state index contributed by atoms with van der Waals surface area (Å²) < 4.78 is 49.7. The first-order valence-electron chi connectivity index (χ1n) is 4.37. The zero-order valence-corrected chi connectivity index (χ0v) is 7.89. The minimum absolute atomic E-state index is 0.103. The molecule has 0 aliphatic carbocycles. The lowest BCUT2D eigenvalue weighted by atomic mass is 10.1. The van der Waals surface area contributed by atoms with Crippen LogP contribution in [0.15, 0.2) is 36.9 Å². The standard InChI is InChI=1S/C11H10F4/c1-2-3-10(12)8-4-6-9(7-5-8)11(13,14)15/h2,4-7,10H,1,3H2. The molecule has 1 unspecified atom stereocenters. The van der Waals surface area contributed by atoms with E-state index in [4.69, 9.17) is 0 Å². The van der Waals surface area contributed by atoms with Gasteiger partial charge in [0.2, 0.25) is 0 Å². The van der Waals surface area contributed by atoms with Gasteiger partial charge in [0.15, 0.2) is 0 Å². The van der Waals surface area contributed by atoms with E-state index in [2.05, 4.69) is 6.58 Å². The van der Waals surface area contributed by atoms with Crippen molar-refractivity contribution in [3.05, 3.63) is 48.0 Å². The van der Waals surface area contributed by atoms with Crippen LogP contribution in [-0.2, 0) is 6.18 Å². The van der Waals surface area contributed by atoms with Gasteiger partial charge in [-0.25, -0.2) is 4.39 Å². The van der Waals surface area contributed by atoms with E-state index in [1.807, 2.05) is 0 Å². The van der Waals surface area contributed by atoms with Crippen LogP contribution in [0, 0.1) is 0 Å². The highest BCUT2D eigenvalue weighted by Crippen LogP contribution is 2.30. The lowest BCUT2D eigenvalue weighted by Crippen LogP contribution is -2.04. The number of halogens is 4. The molecule has 0 aromatic heterocycles. The van der Waals surface area contributed by atoms with Crippen molar-refractivity contribution in [1.29, 1.82) is 0 Å². The van der Waals surface area contributed by atoms with Gasteiger partial charge in [0.25, 0.3) is 0 Å². The Labute approximate surface area is 85.2 Å². The van der Waals surface area contributed by atoms with Crippen molar-refractivity contribution in [2.24, 2.45) is 0 Å². The average Bonchev–Trinajstić information content (AvgIpc) is 2.17. The van der Waals surface area contributed by atoms with E-state index >= 15 is 0 Å². The van der Waals surface area contributed by atoms with Gasteiger partial charge in [0.1, 0.15) is 6.17 Å². The molecule has 1 rings (SSSR count). The largest absolute Gasteiger partial charge is 0.416 e. The minimum Gasteiger partial charge on any atom is -0.242 e. The van der Waals surface area contributed by atoms with Crippen molar-refractivity contribution in [3.63, 3.8) is 0 Å². The molecule has 0 N–H and O–H groups in total. The first kappa shape index (κ1) is 11.8. The zero-order valence-electron chi connectivity index (χ0n) is 7.89. The molecule has 0 heterocycles. The molecular weight excluding hydrogens is 208 g/mol. The summed E-state index contributed by atoms with van der Waals surface area (Å²) in [6.45, 7) is 3.36. The molecule has 0 nitrogen and oxygen atoms in total. The summed E-state index contributed by atoms with van der Waals surface area (Å²) in [7, 11) is 0. The van der Waals surface area contributed by atoms with Crippen molar-refractivity contribution in [2.45, 2.75) is 18.8 Å². The van der Waals surface area contributed by atoms with Gasteiger partial charge in [-0.2, -0.15) is 13.2 Å². The Balaban J connectivity index is 2.85. The van der Waals surface area contributed by atoms with Gasteiger partial charge in [-0.15, -0.1) is 6.58 Å². The van der Waals surface area contributed by atoms with Crippen molar-refractivity contribution in [2.75, 3.05) is 0 Å². The number of alkyl halides is 4. The predicted molar refractivity (Wildman–Crippen MR) is 50.1 cm³/mol. The molecule has 1 atom stereocenters. The molecule has 0 radical (unpaired) electrons. The fourth-order valence-electron chi connectivity index (χ4n) is 1.16. The monoisotopic (exact) mass is 218 g/mol. The Hall–Kier alpha value is -1.32.